The van der Waals surface area contributed by atoms with Crippen LogP contribution in [0, 0.1) is 5.41 Å². The Bertz CT molecular complexity index is 293. The van der Waals surface area contributed by atoms with Crippen molar-refractivity contribution < 1.29 is 0 Å². The molecule has 0 aromatic carbocycles. The molecule has 0 radical (unpaired) electrons. The smallest absolute Gasteiger partial charge is 0.171 e. The molecule has 2 rings (SSSR count). The van der Waals surface area contributed by atoms with E-state index in [0.717, 1.165) is 37.9 Å². The molecule has 4 nitrogen and oxygen atoms in total. The zero-order valence-electron chi connectivity index (χ0n) is 11.9. The van der Waals surface area contributed by atoms with Gasteiger partial charge < -0.3 is 4.90 Å². The molecule has 0 spiro atoms. The number of thioether (sulfide) groups is 1. The Morgan fingerprint density at radius 1 is 1.22 bits per heavy atom. The number of nitrogens with one attached hydrogen (secondary N) is 1. The molecule has 0 bridgehead atoms. The van der Waals surface area contributed by atoms with Crippen molar-refractivity contribution >= 4 is 16.9 Å². The van der Waals surface area contributed by atoms with Crippen LogP contribution in [-0.4, -0.2) is 60.6 Å². The van der Waals surface area contributed by atoms with Crippen LogP contribution in [0.2, 0.25) is 0 Å². The first-order valence-electron chi connectivity index (χ1n) is 7.05. The van der Waals surface area contributed by atoms with Gasteiger partial charge in [0.2, 0.25) is 0 Å². The molecule has 1 saturated heterocycles. The third kappa shape index (κ3) is 3.39. The van der Waals surface area contributed by atoms with E-state index in [1.54, 1.807) is 0 Å². The molecule has 18 heavy (non-hydrogen) atoms. The molecule has 104 valence electrons. The van der Waals surface area contributed by atoms with Crippen molar-refractivity contribution in [3.63, 3.8) is 0 Å². The number of nitrogens with zero attached hydrogens (tertiary/aromatic N) is 3. The van der Waals surface area contributed by atoms with Crippen LogP contribution in [0.4, 0.5) is 0 Å². The molecule has 0 aromatic heterocycles. The lowest BCUT2D eigenvalue weighted by atomic mass is 9.84. The fourth-order valence-corrected chi connectivity index (χ4v) is 3.64. The predicted octanol–water partition coefficient (Wildman–Crippen LogP) is 1.65. The fourth-order valence-electron chi connectivity index (χ4n) is 2.35. The molecular weight excluding hydrogens is 244 g/mol. The van der Waals surface area contributed by atoms with Gasteiger partial charge in [0.05, 0.1) is 0 Å². The second-order valence-electron chi connectivity index (χ2n) is 5.52. The number of rotatable bonds is 3. The lowest BCUT2D eigenvalue weighted by molar-refractivity contribution is 0.131. The fraction of sp³-hybridized carbons (Fsp3) is 0.923. The minimum absolute atomic E-state index is 0.442. The number of likely N-dealkylation sites (N-methyl/N-ethyl adjacent to an activating group) is 1. The van der Waals surface area contributed by atoms with Crippen LogP contribution in [0.3, 0.4) is 0 Å². The summed E-state index contributed by atoms with van der Waals surface area (Å²) in [6.07, 6.45) is 2.48. The van der Waals surface area contributed by atoms with E-state index in [1.165, 1.54) is 18.6 Å². The molecule has 0 unspecified atom stereocenters. The lowest BCUT2D eigenvalue weighted by Gasteiger charge is -2.37. The molecule has 2 heterocycles. The average molecular weight is 270 g/mol. The molecule has 2 aliphatic rings. The van der Waals surface area contributed by atoms with Crippen molar-refractivity contribution in [1.29, 1.82) is 0 Å². The van der Waals surface area contributed by atoms with Gasteiger partial charge in [-0.25, -0.2) is 5.01 Å². The van der Waals surface area contributed by atoms with Crippen LogP contribution in [0.5, 0.6) is 0 Å². The minimum atomic E-state index is 0.442. The summed E-state index contributed by atoms with van der Waals surface area (Å²) in [7, 11) is 2.18. The summed E-state index contributed by atoms with van der Waals surface area (Å²) in [5.74, 6) is 1.21. The number of aliphatic imine (C=N–C) groups is 1. The van der Waals surface area contributed by atoms with Crippen molar-refractivity contribution in [2.45, 2.75) is 26.7 Å². The first kappa shape index (κ1) is 14.2. The number of piperazine rings is 1. The minimum Gasteiger partial charge on any atom is -0.304 e. The molecule has 0 aromatic rings. The lowest BCUT2D eigenvalue weighted by Crippen LogP contribution is -2.52. The van der Waals surface area contributed by atoms with Crippen molar-refractivity contribution in [2.24, 2.45) is 10.4 Å². The molecule has 0 atom stereocenters. The van der Waals surface area contributed by atoms with Crippen LogP contribution < -0.4 is 5.43 Å². The summed E-state index contributed by atoms with van der Waals surface area (Å²) in [5, 5.41) is 3.42. The zero-order chi connectivity index (χ0) is 13.0. The van der Waals surface area contributed by atoms with Crippen LogP contribution >= 0.6 is 11.8 Å². The summed E-state index contributed by atoms with van der Waals surface area (Å²) in [5.41, 5.74) is 3.93. The van der Waals surface area contributed by atoms with Gasteiger partial charge >= 0.3 is 0 Å². The van der Waals surface area contributed by atoms with Crippen LogP contribution in [0.1, 0.15) is 26.7 Å². The Morgan fingerprint density at radius 3 is 2.39 bits per heavy atom. The van der Waals surface area contributed by atoms with E-state index in [1.807, 2.05) is 11.8 Å². The maximum Gasteiger partial charge on any atom is 0.171 e. The van der Waals surface area contributed by atoms with Gasteiger partial charge in [-0.15, -0.1) is 0 Å². The van der Waals surface area contributed by atoms with E-state index < -0.39 is 0 Å². The second kappa shape index (κ2) is 6.26. The third-order valence-electron chi connectivity index (χ3n) is 4.33. The summed E-state index contributed by atoms with van der Waals surface area (Å²) in [4.78, 5) is 7.12. The molecule has 1 N–H and O–H groups in total. The summed E-state index contributed by atoms with van der Waals surface area (Å²) in [6.45, 7) is 10.0. The number of hydrogen-bond donors (Lipinski definition) is 1. The molecular formula is C13H26N4S. The standard InChI is InChI=1S/C13H26N4S/c1-4-13(5-2)10-14-12(18-11-13)15-17-8-6-16(3)7-9-17/h4-11H2,1-3H3,(H,14,15). The van der Waals surface area contributed by atoms with Gasteiger partial charge in [0.15, 0.2) is 5.17 Å². The first-order valence-corrected chi connectivity index (χ1v) is 8.03. The Hall–Kier alpha value is -0.260. The normalized spacial score (nSPS) is 25.8. The topological polar surface area (TPSA) is 30.9 Å². The highest BCUT2D eigenvalue weighted by molar-refractivity contribution is 8.13. The van der Waals surface area contributed by atoms with Crippen molar-refractivity contribution in [2.75, 3.05) is 45.5 Å². The van der Waals surface area contributed by atoms with E-state index in [4.69, 9.17) is 4.99 Å². The van der Waals surface area contributed by atoms with E-state index in [2.05, 4.69) is 36.2 Å². The Balaban J connectivity index is 1.83. The Kier molecular flexibility index (Phi) is 4.92. The molecule has 2 aliphatic heterocycles. The second-order valence-corrected chi connectivity index (χ2v) is 6.48. The van der Waals surface area contributed by atoms with Crippen molar-refractivity contribution in [1.82, 2.24) is 15.3 Å². The van der Waals surface area contributed by atoms with Crippen molar-refractivity contribution in [3.8, 4) is 0 Å². The monoisotopic (exact) mass is 270 g/mol. The number of hydrazine groups is 1. The highest BCUT2D eigenvalue weighted by Gasteiger charge is 2.30. The van der Waals surface area contributed by atoms with Gasteiger partial charge in [-0.05, 0) is 25.3 Å². The molecule has 0 aliphatic carbocycles. The Morgan fingerprint density at radius 2 is 1.89 bits per heavy atom. The maximum absolute atomic E-state index is 4.75. The van der Waals surface area contributed by atoms with Crippen LogP contribution in [-0.2, 0) is 0 Å². The largest absolute Gasteiger partial charge is 0.304 e. The quantitative estimate of drug-likeness (QED) is 0.845. The van der Waals surface area contributed by atoms with Gasteiger partial charge in [-0.1, -0.05) is 25.6 Å². The van der Waals surface area contributed by atoms with E-state index in [-0.39, 0.29) is 0 Å². The average Bonchev–Trinajstić information content (AvgIpc) is 2.43. The van der Waals surface area contributed by atoms with E-state index >= 15 is 0 Å². The molecule has 0 saturated carbocycles. The van der Waals surface area contributed by atoms with Crippen molar-refractivity contribution in [3.05, 3.63) is 0 Å². The van der Waals surface area contributed by atoms with Gasteiger partial charge in [0.1, 0.15) is 0 Å². The highest BCUT2D eigenvalue weighted by Crippen LogP contribution is 2.34. The predicted molar refractivity (Wildman–Crippen MR) is 80.0 cm³/mol. The summed E-state index contributed by atoms with van der Waals surface area (Å²) in [6, 6.07) is 0. The first-order chi connectivity index (χ1) is 8.67. The summed E-state index contributed by atoms with van der Waals surface area (Å²) < 4.78 is 0. The maximum atomic E-state index is 4.75. The van der Waals surface area contributed by atoms with E-state index in [0.29, 0.717) is 5.41 Å². The molecule has 5 heteroatoms. The molecule has 0 amide bonds. The summed E-state index contributed by atoms with van der Waals surface area (Å²) >= 11 is 1.90. The van der Waals surface area contributed by atoms with Gasteiger partial charge in [-0.3, -0.25) is 10.4 Å². The van der Waals surface area contributed by atoms with E-state index in [9.17, 15) is 0 Å². The van der Waals surface area contributed by atoms with Gasteiger partial charge in [0.25, 0.3) is 0 Å². The SMILES string of the molecule is CCC1(CC)CN=C(NN2CCN(C)CC2)SC1. The number of amidine groups is 1. The number of hydrogen-bond acceptors (Lipinski definition) is 5. The van der Waals surface area contributed by atoms with Gasteiger partial charge in [-0.2, -0.15) is 0 Å². The van der Waals surface area contributed by atoms with Crippen LogP contribution in [0.15, 0.2) is 4.99 Å². The third-order valence-corrected chi connectivity index (χ3v) is 5.58. The highest BCUT2D eigenvalue weighted by atomic mass is 32.2. The van der Waals surface area contributed by atoms with Gasteiger partial charge in [0, 0.05) is 38.5 Å². The zero-order valence-corrected chi connectivity index (χ0v) is 12.7. The Labute approximate surface area is 115 Å². The van der Waals surface area contributed by atoms with Crippen LogP contribution in [0.25, 0.3) is 0 Å². The molecule has 1 fully saturated rings.